The molecule has 0 heterocycles. The van der Waals surface area contributed by atoms with Gasteiger partial charge in [0.1, 0.15) is 0 Å². The Kier molecular flexibility index (Phi) is 4.86. The molecule has 0 saturated heterocycles. The lowest BCUT2D eigenvalue weighted by atomic mass is 10.1. The first-order chi connectivity index (χ1) is 8.99. The molecule has 0 atom stereocenters. The molecule has 106 valence electrons. The molecule has 3 N–H and O–H groups in total. The van der Waals surface area contributed by atoms with Crippen LogP contribution in [0.1, 0.15) is 38.5 Å². The largest absolute Gasteiger partial charge is 0.399 e. The van der Waals surface area contributed by atoms with E-state index in [2.05, 4.69) is 20.7 Å². The predicted octanol–water partition coefficient (Wildman–Crippen LogP) is 3.03. The summed E-state index contributed by atoms with van der Waals surface area (Å²) in [7, 11) is -3.51. The van der Waals surface area contributed by atoms with Gasteiger partial charge in [-0.15, -0.1) is 0 Å². The van der Waals surface area contributed by atoms with Crippen molar-refractivity contribution in [2.24, 2.45) is 0 Å². The lowest BCUT2D eigenvalue weighted by Crippen LogP contribution is -2.34. The Morgan fingerprint density at radius 2 is 1.79 bits per heavy atom. The van der Waals surface area contributed by atoms with Crippen LogP contribution in [-0.4, -0.2) is 14.5 Å². The smallest absolute Gasteiger partial charge is 0.242 e. The second kappa shape index (κ2) is 6.24. The number of anilines is 1. The minimum Gasteiger partial charge on any atom is -0.399 e. The number of nitrogens with one attached hydrogen (secondary N) is 1. The topological polar surface area (TPSA) is 72.2 Å². The number of benzene rings is 1. The molecule has 1 aliphatic carbocycles. The van der Waals surface area contributed by atoms with E-state index in [1.807, 2.05) is 0 Å². The molecule has 1 aromatic carbocycles. The third-order valence-corrected chi connectivity index (χ3v) is 5.94. The van der Waals surface area contributed by atoms with Gasteiger partial charge in [-0.2, -0.15) is 0 Å². The molecule has 1 aromatic rings. The summed E-state index contributed by atoms with van der Waals surface area (Å²) in [4.78, 5) is 0.219. The molecule has 0 bridgehead atoms. The average Bonchev–Trinajstić information content (AvgIpc) is 2.60. The molecule has 0 spiro atoms. The summed E-state index contributed by atoms with van der Waals surface area (Å²) in [6.45, 7) is 0. The van der Waals surface area contributed by atoms with E-state index in [1.165, 1.54) is 18.9 Å². The van der Waals surface area contributed by atoms with Crippen LogP contribution >= 0.6 is 15.9 Å². The summed E-state index contributed by atoms with van der Waals surface area (Å²) >= 11 is 3.27. The van der Waals surface area contributed by atoms with Crippen molar-refractivity contribution in [3.8, 4) is 0 Å². The number of halogens is 1. The number of hydrogen-bond donors (Lipinski definition) is 2. The van der Waals surface area contributed by atoms with Gasteiger partial charge in [-0.05, 0) is 47.0 Å². The van der Waals surface area contributed by atoms with Crippen molar-refractivity contribution in [2.75, 3.05) is 5.73 Å². The van der Waals surface area contributed by atoms with Crippen molar-refractivity contribution in [2.45, 2.75) is 49.5 Å². The summed E-state index contributed by atoms with van der Waals surface area (Å²) in [5.41, 5.74) is 6.12. The fourth-order valence-electron chi connectivity index (χ4n) is 2.41. The molecule has 1 aliphatic rings. The Morgan fingerprint density at radius 1 is 1.16 bits per heavy atom. The number of nitrogen functional groups attached to an aromatic ring is 1. The second-order valence-corrected chi connectivity index (χ2v) is 7.54. The zero-order valence-corrected chi connectivity index (χ0v) is 13.1. The van der Waals surface area contributed by atoms with Crippen LogP contribution in [0.3, 0.4) is 0 Å². The molecule has 0 unspecified atom stereocenters. The molecule has 0 aromatic heterocycles. The van der Waals surface area contributed by atoms with Crippen LogP contribution in [-0.2, 0) is 10.0 Å². The van der Waals surface area contributed by atoms with Crippen LogP contribution in [0.5, 0.6) is 0 Å². The van der Waals surface area contributed by atoms with Gasteiger partial charge < -0.3 is 5.73 Å². The summed E-state index contributed by atoms with van der Waals surface area (Å²) < 4.78 is 28.1. The van der Waals surface area contributed by atoms with Crippen molar-refractivity contribution >= 4 is 31.6 Å². The van der Waals surface area contributed by atoms with Gasteiger partial charge >= 0.3 is 0 Å². The van der Waals surface area contributed by atoms with E-state index < -0.39 is 10.0 Å². The van der Waals surface area contributed by atoms with Gasteiger partial charge in [0.2, 0.25) is 10.0 Å². The van der Waals surface area contributed by atoms with Gasteiger partial charge in [0.25, 0.3) is 0 Å². The fourth-order valence-corrected chi connectivity index (χ4v) is 4.71. The van der Waals surface area contributed by atoms with Crippen LogP contribution < -0.4 is 10.5 Å². The zero-order chi connectivity index (χ0) is 13.9. The van der Waals surface area contributed by atoms with Gasteiger partial charge in [-0.3, -0.25) is 0 Å². The van der Waals surface area contributed by atoms with E-state index in [4.69, 9.17) is 5.73 Å². The highest BCUT2D eigenvalue weighted by molar-refractivity contribution is 9.10. The maximum Gasteiger partial charge on any atom is 0.242 e. The third-order valence-electron chi connectivity index (χ3n) is 3.42. The molecule has 1 saturated carbocycles. The van der Waals surface area contributed by atoms with Gasteiger partial charge in [-0.1, -0.05) is 25.7 Å². The molecule has 2 rings (SSSR count). The molecule has 4 nitrogen and oxygen atoms in total. The first-order valence-corrected chi connectivity index (χ1v) is 8.84. The first kappa shape index (κ1) is 14.8. The van der Waals surface area contributed by atoms with E-state index in [0.717, 1.165) is 25.7 Å². The van der Waals surface area contributed by atoms with Gasteiger partial charge in [-0.25, -0.2) is 13.1 Å². The van der Waals surface area contributed by atoms with Crippen LogP contribution in [0.15, 0.2) is 27.6 Å². The van der Waals surface area contributed by atoms with Crippen molar-refractivity contribution in [3.63, 3.8) is 0 Å². The van der Waals surface area contributed by atoms with E-state index in [9.17, 15) is 8.42 Å². The highest BCUT2D eigenvalue weighted by Gasteiger charge is 2.23. The highest BCUT2D eigenvalue weighted by Crippen LogP contribution is 2.26. The van der Waals surface area contributed by atoms with Crippen LogP contribution in [0.2, 0.25) is 0 Å². The molecular weight excluding hydrogens is 328 g/mol. The standard InChI is InChI=1S/C13H19BrN2O2S/c14-12-8-7-10(15)9-13(12)19(17,18)16-11-5-3-1-2-4-6-11/h7-9,11,16H,1-6,15H2. The Labute approximate surface area is 122 Å². The molecule has 1 fully saturated rings. The summed E-state index contributed by atoms with van der Waals surface area (Å²) in [6, 6.07) is 4.87. The lowest BCUT2D eigenvalue weighted by molar-refractivity contribution is 0.509. The monoisotopic (exact) mass is 346 g/mol. The van der Waals surface area contributed by atoms with Gasteiger partial charge in [0.05, 0.1) is 4.90 Å². The summed E-state index contributed by atoms with van der Waals surface area (Å²) in [5.74, 6) is 0. The Morgan fingerprint density at radius 3 is 2.42 bits per heavy atom. The number of sulfonamides is 1. The van der Waals surface area contributed by atoms with Crippen molar-refractivity contribution in [1.29, 1.82) is 0 Å². The first-order valence-electron chi connectivity index (χ1n) is 6.56. The minimum atomic E-state index is -3.51. The van der Waals surface area contributed by atoms with Gasteiger partial charge in [0, 0.05) is 16.2 Å². The Hall–Kier alpha value is -0.590. The Balaban J connectivity index is 2.19. The normalized spacial score (nSPS) is 18.2. The van der Waals surface area contributed by atoms with Gasteiger partial charge in [0.15, 0.2) is 0 Å². The van der Waals surface area contributed by atoms with E-state index in [0.29, 0.717) is 10.2 Å². The second-order valence-electron chi connectivity index (χ2n) is 5.00. The molecule has 6 heteroatoms. The lowest BCUT2D eigenvalue weighted by Gasteiger charge is -2.17. The molecular formula is C13H19BrN2O2S. The van der Waals surface area contributed by atoms with Crippen LogP contribution in [0.4, 0.5) is 5.69 Å². The summed E-state index contributed by atoms with van der Waals surface area (Å²) in [5, 5.41) is 0. The van der Waals surface area contributed by atoms with E-state index in [1.54, 1.807) is 12.1 Å². The van der Waals surface area contributed by atoms with Crippen LogP contribution in [0.25, 0.3) is 0 Å². The molecule has 19 heavy (non-hydrogen) atoms. The zero-order valence-electron chi connectivity index (χ0n) is 10.7. The molecule has 0 aliphatic heterocycles. The minimum absolute atomic E-state index is 0.0424. The maximum absolute atomic E-state index is 12.4. The number of rotatable bonds is 3. The third kappa shape index (κ3) is 3.94. The SMILES string of the molecule is Nc1ccc(Br)c(S(=O)(=O)NC2CCCCCC2)c1. The summed E-state index contributed by atoms with van der Waals surface area (Å²) in [6.07, 6.45) is 6.40. The van der Waals surface area contributed by atoms with E-state index >= 15 is 0 Å². The predicted molar refractivity (Wildman–Crippen MR) is 80.4 cm³/mol. The van der Waals surface area contributed by atoms with E-state index in [-0.39, 0.29) is 10.9 Å². The molecule has 0 amide bonds. The quantitative estimate of drug-likeness (QED) is 0.652. The highest BCUT2D eigenvalue weighted by atomic mass is 79.9. The van der Waals surface area contributed by atoms with Crippen LogP contribution in [0, 0.1) is 0 Å². The number of nitrogens with two attached hydrogens (primary N) is 1. The van der Waals surface area contributed by atoms with Crippen molar-refractivity contribution < 1.29 is 8.42 Å². The van der Waals surface area contributed by atoms with Crippen molar-refractivity contribution in [3.05, 3.63) is 22.7 Å². The maximum atomic E-state index is 12.4. The molecule has 0 radical (unpaired) electrons. The van der Waals surface area contributed by atoms with Crippen molar-refractivity contribution in [1.82, 2.24) is 4.72 Å². The average molecular weight is 347 g/mol. The Bertz CT molecular complexity index is 538. The fraction of sp³-hybridized carbons (Fsp3) is 0.538. The number of hydrogen-bond acceptors (Lipinski definition) is 3.